The molecule has 0 aromatic carbocycles. The maximum Gasteiger partial charge on any atom is 0.0940 e. The molecule has 0 bridgehead atoms. The molecule has 0 unspecified atom stereocenters. The molecule has 0 atom stereocenters. The van der Waals surface area contributed by atoms with Crippen molar-refractivity contribution in [1.82, 2.24) is 10.3 Å². The van der Waals surface area contributed by atoms with Gasteiger partial charge >= 0.3 is 0 Å². The Morgan fingerprint density at radius 1 is 1.27 bits per heavy atom. The van der Waals surface area contributed by atoms with Gasteiger partial charge in [-0.05, 0) is 19.9 Å². The molecule has 1 N–H and O–H groups in total. The van der Waals surface area contributed by atoms with Gasteiger partial charge in [0.05, 0.1) is 5.01 Å². The third kappa shape index (κ3) is 5.28. The highest BCUT2D eigenvalue weighted by Gasteiger charge is 2.01. The van der Waals surface area contributed by atoms with Gasteiger partial charge in [0, 0.05) is 24.0 Å². The van der Waals surface area contributed by atoms with Crippen LogP contribution in [0.1, 0.15) is 42.5 Å². The molecule has 0 fully saturated rings. The third-order valence-corrected chi connectivity index (χ3v) is 3.58. The standard InChI is InChI=1S/C12H22N2S/c1-3-4-5-6-7-11-10-14-12(15-11)8-9-13-2/h10,13H,3-9H2,1-2H3. The van der Waals surface area contributed by atoms with Gasteiger partial charge in [-0.1, -0.05) is 26.2 Å². The minimum atomic E-state index is 1.03. The molecule has 1 rings (SSSR count). The zero-order chi connectivity index (χ0) is 10.9. The highest BCUT2D eigenvalue weighted by Crippen LogP contribution is 2.16. The molecule has 0 amide bonds. The number of likely N-dealkylation sites (N-methyl/N-ethyl adjacent to an activating group) is 1. The van der Waals surface area contributed by atoms with E-state index in [1.54, 1.807) is 0 Å². The highest BCUT2D eigenvalue weighted by molar-refractivity contribution is 7.11. The number of aryl methyl sites for hydroxylation is 1. The number of nitrogens with one attached hydrogen (secondary N) is 1. The van der Waals surface area contributed by atoms with Crippen LogP contribution < -0.4 is 5.32 Å². The van der Waals surface area contributed by atoms with Crippen LogP contribution in [0.2, 0.25) is 0 Å². The molecule has 0 spiro atoms. The highest BCUT2D eigenvalue weighted by atomic mass is 32.1. The maximum atomic E-state index is 4.43. The lowest BCUT2D eigenvalue weighted by atomic mass is 10.1. The predicted octanol–water partition coefficient (Wildman–Crippen LogP) is 3.03. The normalized spacial score (nSPS) is 10.8. The molecule has 3 heteroatoms. The van der Waals surface area contributed by atoms with Crippen molar-refractivity contribution >= 4 is 11.3 Å². The summed E-state index contributed by atoms with van der Waals surface area (Å²) in [5, 5.41) is 4.43. The fraction of sp³-hybridized carbons (Fsp3) is 0.750. The molecule has 1 heterocycles. The van der Waals surface area contributed by atoms with Gasteiger partial charge in [-0.3, -0.25) is 0 Å². The number of hydrogen-bond acceptors (Lipinski definition) is 3. The molecule has 15 heavy (non-hydrogen) atoms. The summed E-state index contributed by atoms with van der Waals surface area (Å²) in [4.78, 5) is 5.89. The van der Waals surface area contributed by atoms with Crippen molar-refractivity contribution in [3.05, 3.63) is 16.1 Å². The first-order valence-corrected chi connectivity index (χ1v) is 6.76. The fourth-order valence-corrected chi connectivity index (χ4v) is 2.50. The van der Waals surface area contributed by atoms with Gasteiger partial charge in [0.1, 0.15) is 0 Å². The summed E-state index contributed by atoms with van der Waals surface area (Å²) < 4.78 is 0. The van der Waals surface area contributed by atoms with E-state index in [2.05, 4.69) is 23.4 Å². The van der Waals surface area contributed by atoms with E-state index in [0.717, 1.165) is 13.0 Å². The Balaban J connectivity index is 2.20. The summed E-state index contributed by atoms with van der Waals surface area (Å²) in [5.74, 6) is 0. The van der Waals surface area contributed by atoms with E-state index in [-0.39, 0.29) is 0 Å². The van der Waals surface area contributed by atoms with E-state index in [4.69, 9.17) is 0 Å². The van der Waals surface area contributed by atoms with Gasteiger partial charge in [0.25, 0.3) is 0 Å². The molecule has 0 radical (unpaired) electrons. The quantitative estimate of drug-likeness (QED) is 0.689. The van der Waals surface area contributed by atoms with Crippen LogP contribution in [0.3, 0.4) is 0 Å². The van der Waals surface area contributed by atoms with Crippen molar-refractivity contribution in [2.24, 2.45) is 0 Å². The van der Waals surface area contributed by atoms with Crippen LogP contribution >= 0.6 is 11.3 Å². The van der Waals surface area contributed by atoms with Crippen molar-refractivity contribution in [2.75, 3.05) is 13.6 Å². The summed E-state index contributed by atoms with van der Waals surface area (Å²) in [6.45, 7) is 3.28. The Kier molecular flexibility index (Phi) is 6.60. The van der Waals surface area contributed by atoms with Crippen molar-refractivity contribution in [2.45, 2.75) is 45.4 Å². The molecule has 0 saturated carbocycles. The second-order valence-corrected chi connectivity index (χ2v) is 5.08. The van der Waals surface area contributed by atoms with Gasteiger partial charge in [-0.15, -0.1) is 11.3 Å². The lowest BCUT2D eigenvalue weighted by Crippen LogP contribution is -2.09. The van der Waals surface area contributed by atoms with Crippen LogP contribution in [0, 0.1) is 0 Å². The van der Waals surface area contributed by atoms with Gasteiger partial charge in [0.15, 0.2) is 0 Å². The van der Waals surface area contributed by atoms with Crippen LogP contribution in [-0.4, -0.2) is 18.6 Å². The first-order chi connectivity index (χ1) is 7.36. The zero-order valence-corrected chi connectivity index (χ0v) is 10.7. The summed E-state index contributed by atoms with van der Waals surface area (Å²) >= 11 is 1.88. The molecule has 1 aromatic rings. The summed E-state index contributed by atoms with van der Waals surface area (Å²) in [6, 6.07) is 0. The molecule has 86 valence electrons. The zero-order valence-electron chi connectivity index (χ0n) is 9.88. The first-order valence-electron chi connectivity index (χ1n) is 5.95. The second kappa shape index (κ2) is 7.83. The first kappa shape index (κ1) is 12.7. The van der Waals surface area contributed by atoms with Gasteiger partial charge in [-0.2, -0.15) is 0 Å². The number of aromatic nitrogens is 1. The SMILES string of the molecule is CCCCCCc1cnc(CCNC)s1. The van der Waals surface area contributed by atoms with Crippen LogP contribution in [0.25, 0.3) is 0 Å². The maximum absolute atomic E-state index is 4.43. The Hall–Kier alpha value is -0.410. The molecule has 0 saturated heterocycles. The van der Waals surface area contributed by atoms with Crippen molar-refractivity contribution in [3.63, 3.8) is 0 Å². The number of thiazole rings is 1. The monoisotopic (exact) mass is 226 g/mol. The van der Waals surface area contributed by atoms with E-state index < -0.39 is 0 Å². The summed E-state index contributed by atoms with van der Waals surface area (Å²) in [6.07, 6.45) is 9.71. The van der Waals surface area contributed by atoms with E-state index in [1.165, 1.54) is 42.0 Å². The molecule has 1 aromatic heterocycles. The molecule has 0 aliphatic rings. The van der Waals surface area contributed by atoms with Crippen molar-refractivity contribution < 1.29 is 0 Å². The molecule has 0 aliphatic heterocycles. The summed E-state index contributed by atoms with van der Waals surface area (Å²) in [7, 11) is 1.99. The van der Waals surface area contributed by atoms with Gasteiger partial charge in [0.2, 0.25) is 0 Å². The molecule has 2 nitrogen and oxygen atoms in total. The smallest absolute Gasteiger partial charge is 0.0940 e. The van der Waals surface area contributed by atoms with E-state index in [1.807, 2.05) is 18.4 Å². The average molecular weight is 226 g/mol. The summed E-state index contributed by atoms with van der Waals surface area (Å²) in [5.41, 5.74) is 0. The fourth-order valence-electron chi connectivity index (χ4n) is 1.54. The average Bonchev–Trinajstić information content (AvgIpc) is 2.69. The topological polar surface area (TPSA) is 24.9 Å². The predicted molar refractivity (Wildman–Crippen MR) is 67.6 cm³/mol. The lowest BCUT2D eigenvalue weighted by Gasteiger charge is -1.96. The Morgan fingerprint density at radius 3 is 2.87 bits per heavy atom. The Bertz CT molecular complexity index is 258. The van der Waals surface area contributed by atoms with Gasteiger partial charge in [-0.25, -0.2) is 4.98 Å². The van der Waals surface area contributed by atoms with Gasteiger partial charge < -0.3 is 5.32 Å². The largest absolute Gasteiger partial charge is 0.319 e. The number of unbranched alkanes of at least 4 members (excludes halogenated alkanes) is 3. The van der Waals surface area contributed by atoms with E-state index >= 15 is 0 Å². The van der Waals surface area contributed by atoms with Crippen molar-refractivity contribution in [1.29, 1.82) is 0 Å². The minimum Gasteiger partial charge on any atom is -0.319 e. The molecular weight excluding hydrogens is 204 g/mol. The number of hydrogen-bond donors (Lipinski definition) is 1. The van der Waals surface area contributed by atoms with Crippen LogP contribution in [-0.2, 0) is 12.8 Å². The third-order valence-electron chi connectivity index (χ3n) is 2.47. The number of nitrogens with zero attached hydrogens (tertiary/aromatic N) is 1. The van der Waals surface area contributed by atoms with Crippen LogP contribution in [0.5, 0.6) is 0 Å². The van der Waals surface area contributed by atoms with E-state index in [0.29, 0.717) is 0 Å². The Labute approximate surface area is 97.1 Å². The Morgan fingerprint density at radius 2 is 2.13 bits per heavy atom. The molecule has 0 aliphatic carbocycles. The second-order valence-electron chi connectivity index (χ2n) is 3.88. The number of rotatable bonds is 8. The van der Waals surface area contributed by atoms with E-state index in [9.17, 15) is 0 Å². The molecular formula is C12H22N2S. The van der Waals surface area contributed by atoms with Crippen molar-refractivity contribution in [3.8, 4) is 0 Å². The van der Waals surface area contributed by atoms with Crippen LogP contribution in [0.4, 0.5) is 0 Å². The van der Waals surface area contributed by atoms with Crippen LogP contribution in [0.15, 0.2) is 6.20 Å². The lowest BCUT2D eigenvalue weighted by molar-refractivity contribution is 0.670. The minimum absolute atomic E-state index is 1.03.